The highest BCUT2D eigenvalue weighted by molar-refractivity contribution is 6.04. The molecule has 0 atom stereocenters. The van der Waals surface area contributed by atoms with Gasteiger partial charge in [-0.2, -0.15) is 5.10 Å². The minimum atomic E-state index is -0.269. The predicted molar refractivity (Wildman–Crippen MR) is 90.4 cm³/mol. The van der Waals surface area contributed by atoms with Crippen LogP contribution in [0.4, 0.5) is 4.39 Å². The lowest BCUT2D eigenvalue weighted by Gasteiger charge is -2.03. The van der Waals surface area contributed by atoms with Gasteiger partial charge in [0, 0.05) is 29.0 Å². The van der Waals surface area contributed by atoms with Crippen LogP contribution in [-0.4, -0.2) is 27.6 Å². The quantitative estimate of drug-likeness (QED) is 0.540. The molecule has 24 heavy (non-hydrogen) atoms. The lowest BCUT2D eigenvalue weighted by atomic mass is 10.1. The van der Waals surface area contributed by atoms with Crippen LogP contribution in [0.2, 0.25) is 0 Å². The molecule has 5 nitrogen and oxygen atoms in total. The number of carbonyl (C=O) groups is 1. The third-order valence-corrected chi connectivity index (χ3v) is 4.09. The summed E-state index contributed by atoms with van der Waals surface area (Å²) in [7, 11) is 0. The minimum Gasteiger partial charge on any atom is -0.361 e. The molecule has 120 valence electrons. The van der Waals surface area contributed by atoms with E-state index in [1.54, 1.807) is 6.07 Å². The molecule has 0 aliphatic rings. The Labute approximate surface area is 136 Å². The molecule has 2 heterocycles. The van der Waals surface area contributed by atoms with Crippen molar-refractivity contribution in [2.24, 2.45) is 0 Å². The number of nitrogens with zero attached hydrogens (tertiary/aromatic N) is 1. The van der Waals surface area contributed by atoms with E-state index in [0.717, 1.165) is 27.4 Å². The van der Waals surface area contributed by atoms with Crippen LogP contribution in [0.25, 0.3) is 21.8 Å². The summed E-state index contributed by atoms with van der Waals surface area (Å²) in [5.74, 6) is -0.479. The summed E-state index contributed by atoms with van der Waals surface area (Å²) in [6.07, 6.45) is 2.50. The Bertz CT molecular complexity index is 1030. The van der Waals surface area contributed by atoms with Crippen molar-refractivity contribution in [3.8, 4) is 0 Å². The summed E-state index contributed by atoms with van der Waals surface area (Å²) >= 11 is 0. The van der Waals surface area contributed by atoms with Crippen LogP contribution in [0.5, 0.6) is 0 Å². The molecule has 4 aromatic rings. The Hall–Kier alpha value is -3.15. The molecule has 2 aromatic heterocycles. The predicted octanol–water partition coefficient (Wildman–Crippen LogP) is 3.16. The Morgan fingerprint density at radius 1 is 1.12 bits per heavy atom. The van der Waals surface area contributed by atoms with Gasteiger partial charge in [-0.15, -0.1) is 0 Å². The van der Waals surface area contributed by atoms with Gasteiger partial charge in [-0.25, -0.2) is 4.39 Å². The lowest BCUT2D eigenvalue weighted by molar-refractivity contribution is 0.0950. The van der Waals surface area contributed by atoms with E-state index >= 15 is 0 Å². The van der Waals surface area contributed by atoms with Crippen LogP contribution in [0.1, 0.15) is 16.1 Å². The zero-order valence-electron chi connectivity index (χ0n) is 12.8. The summed E-state index contributed by atoms with van der Waals surface area (Å²) in [5.41, 5.74) is 3.03. The molecule has 2 aromatic carbocycles. The van der Waals surface area contributed by atoms with Gasteiger partial charge in [0.1, 0.15) is 5.82 Å². The molecule has 0 aliphatic heterocycles. The van der Waals surface area contributed by atoms with Gasteiger partial charge in [-0.05, 0) is 36.2 Å². The lowest BCUT2D eigenvalue weighted by Crippen LogP contribution is -2.26. The minimum absolute atomic E-state index is 0.210. The van der Waals surface area contributed by atoms with E-state index in [1.165, 1.54) is 12.1 Å². The highest BCUT2D eigenvalue weighted by Gasteiger charge is 2.13. The summed E-state index contributed by atoms with van der Waals surface area (Å²) in [6.45, 7) is 0.477. The van der Waals surface area contributed by atoms with Gasteiger partial charge in [-0.3, -0.25) is 9.89 Å². The maximum absolute atomic E-state index is 13.2. The Morgan fingerprint density at radius 3 is 2.92 bits per heavy atom. The number of hydrogen-bond donors (Lipinski definition) is 3. The summed E-state index contributed by atoms with van der Waals surface area (Å²) in [4.78, 5) is 15.4. The number of fused-ring (bicyclic) bond motifs is 2. The number of H-pyrrole nitrogens is 2. The van der Waals surface area contributed by atoms with Crippen molar-refractivity contribution in [3.63, 3.8) is 0 Å². The SMILES string of the molecule is O=C(NCCc1c[nH]c2cc(F)ccc12)c1n[nH]c2ccccc12. The molecule has 0 fully saturated rings. The molecule has 0 unspecified atom stereocenters. The van der Waals surface area contributed by atoms with Crippen molar-refractivity contribution in [1.82, 2.24) is 20.5 Å². The number of para-hydroxylation sites is 1. The number of amides is 1. The second-order valence-corrected chi connectivity index (χ2v) is 5.63. The molecule has 6 heteroatoms. The second kappa shape index (κ2) is 5.81. The number of halogens is 1. The van der Waals surface area contributed by atoms with Crippen LogP contribution in [-0.2, 0) is 6.42 Å². The molecule has 0 aliphatic carbocycles. The summed E-state index contributed by atoms with van der Waals surface area (Å²) < 4.78 is 13.2. The monoisotopic (exact) mass is 322 g/mol. The van der Waals surface area contributed by atoms with Crippen molar-refractivity contribution in [1.29, 1.82) is 0 Å². The first-order valence-corrected chi connectivity index (χ1v) is 7.69. The van der Waals surface area contributed by atoms with Gasteiger partial charge in [0.2, 0.25) is 0 Å². The van der Waals surface area contributed by atoms with Crippen LogP contribution in [0.3, 0.4) is 0 Å². The van der Waals surface area contributed by atoms with E-state index in [2.05, 4.69) is 20.5 Å². The van der Waals surface area contributed by atoms with E-state index in [1.807, 2.05) is 30.5 Å². The van der Waals surface area contributed by atoms with Crippen molar-refractivity contribution < 1.29 is 9.18 Å². The van der Waals surface area contributed by atoms with Crippen molar-refractivity contribution in [2.75, 3.05) is 6.54 Å². The van der Waals surface area contributed by atoms with Crippen molar-refractivity contribution >= 4 is 27.7 Å². The maximum Gasteiger partial charge on any atom is 0.272 e. The molecular formula is C18H15FN4O. The highest BCUT2D eigenvalue weighted by atomic mass is 19.1. The average molecular weight is 322 g/mol. The molecule has 4 rings (SSSR count). The Kier molecular flexibility index (Phi) is 3.49. The fraction of sp³-hybridized carbons (Fsp3) is 0.111. The topological polar surface area (TPSA) is 73.6 Å². The number of nitrogens with one attached hydrogen (secondary N) is 3. The fourth-order valence-electron chi connectivity index (χ4n) is 2.90. The van der Waals surface area contributed by atoms with Gasteiger partial charge in [-0.1, -0.05) is 18.2 Å². The van der Waals surface area contributed by atoms with Crippen molar-refractivity contribution in [3.05, 3.63) is 65.7 Å². The number of carbonyl (C=O) groups excluding carboxylic acids is 1. The van der Waals surface area contributed by atoms with E-state index in [-0.39, 0.29) is 11.7 Å². The molecule has 0 radical (unpaired) electrons. The summed E-state index contributed by atoms with van der Waals surface area (Å²) in [6, 6.07) is 12.2. The molecule has 0 spiro atoms. The number of hydrogen-bond acceptors (Lipinski definition) is 2. The third-order valence-electron chi connectivity index (χ3n) is 4.09. The summed E-state index contributed by atoms with van der Waals surface area (Å²) in [5, 5.41) is 11.6. The molecule has 0 bridgehead atoms. The zero-order valence-corrected chi connectivity index (χ0v) is 12.8. The third kappa shape index (κ3) is 2.52. The zero-order chi connectivity index (χ0) is 16.5. The van der Waals surface area contributed by atoms with Crippen LogP contribution in [0, 0.1) is 5.82 Å². The van der Waals surface area contributed by atoms with Crippen molar-refractivity contribution in [2.45, 2.75) is 6.42 Å². The fourth-order valence-corrected chi connectivity index (χ4v) is 2.90. The number of benzene rings is 2. The first-order chi connectivity index (χ1) is 11.7. The van der Waals surface area contributed by atoms with Crippen LogP contribution >= 0.6 is 0 Å². The molecular weight excluding hydrogens is 307 g/mol. The Balaban J connectivity index is 1.46. The van der Waals surface area contributed by atoms with E-state index < -0.39 is 0 Å². The maximum atomic E-state index is 13.2. The van der Waals surface area contributed by atoms with E-state index in [9.17, 15) is 9.18 Å². The first-order valence-electron chi connectivity index (χ1n) is 7.69. The average Bonchev–Trinajstić information content (AvgIpc) is 3.18. The molecule has 0 saturated heterocycles. The molecule has 0 saturated carbocycles. The normalized spacial score (nSPS) is 11.2. The van der Waals surface area contributed by atoms with Gasteiger partial charge < -0.3 is 10.3 Å². The van der Waals surface area contributed by atoms with Crippen LogP contribution < -0.4 is 5.32 Å². The highest BCUT2D eigenvalue weighted by Crippen LogP contribution is 2.19. The second-order valence-electron chi connectivity index (χ2n) is 5.63. The van der Waals surface area contributed by atoms with E-state index in [4.69, 9.17) is 0 Å². The Morgan fingerprint density at radius 2 is 2.00 bits per heavy atom. The molecule has 1 amide bonds. The smallest absolute Gasteiger partial charge is 0.272 e. The first kappa shape index (κ1) is 14.4. The van der Waals surface area contributed by atoms with Gasteiger partial charge in [0.15, 0.2) is 5.69 Å². The van der Waals surface area contributed by atoms with Gasteiger partial charge in [0.25, 0.3) is 5.91 Å². The van der Waals surface area contributed by atoms with E-state index in [0.29, 0.717) is 18.7 Å². The number of aromatic nitrogens is 3. The number of aromatic amines is 2. The molecule has 3 N–H and O–H groups in total. The van der Waals surface area contributed by atoms with Gasteiger partial charge in [0.05, 0.1) is 5.52 Å². The van der Waals surface area contributed by atoms with Gasteiger partial charge >= 0.3 is 0 Å². The standard InChI is InChI=1S/C18H15FN4O/c19-12-5-6-13-11(10-21-16(13)9-12)7-8-20-18(24)17-14-3-1-2-4-15(14)22-23-17/h1-6,9-10,21H,7-8H2,(H,20,24)(H,22,23). The van der Waals surface area contributed by atoms with Crippen LogP contribution in [0.15, 0.2) is 48.7 Å². The number of rotatable bonds is 4. The largest absolute Gasteiger partial charge is 0.361 e.